The predicted octanol–water partition coefficient (Wildman–Crippen LogP) is -0.0514. The van der Waals surface area contributed by atoms with Gasteiger partial charge in [-0.15, -0.1) is 0 Å². The fourth-order valence-electron chi connectivity index (χ4n) is 2.70. The number of amides is 3. The second-order valence-electron chi connectivity index (χ2n) is 6.01. The number of aromatic nitrogens is 2. The zero-order valence-electron chi connectivity index (χ0n) is 14.4. The molecule has 1 aromatic carbocycles. The molecule has 0 atom stereocenters. The Kier molecular flexibility index (Phi) is 4.61. The molecule has 3 N–H and O–H groups in total. The van der Waals surface area contributed by atoms with E-state index in [-0.39, 0.29) is 11.7 Å². The van der Waals surface area contributed by atoms with E-state index >= 15 is 0 Å². The second kappa shape index (κ2) is 6.87. The van der Waals surface area contributed by atoms with Crippen LogP contribution in [0.5, 0.6) is 5.75 Å². The molecule has 0 unspecified atom stereocenters. The molecule has 1 fully saturated rings. The van der Waals surface area contributed by atoms with Crippen molar-refractivity contribution in [2.45, 2.75) is 6.04 Å². The molecule has 1 saturated heterocycles. The predicted molar refractivity (Wildman–Crippen MR) is 93.9 cm³/mol. The van der Waals surface area contributed by atoms with Crippen LogP contribution in [0.1, 0.15) is 10.5 Å². The number of nitrogens with zero attached hydrogens (tertiary/aromatic N) is 3. The number of ether oxygens (including phenoxy) is 1. The van der Waals surface area contributed by atoms with Gasteiger partial charge in [0.25, 0.3) is 5.91 Å². The molecule has 1 aliphatic rings. The Morgan fingerprint density at radius 3 is 2.50 bits per heavy atom. The minimum atomic E-state index is -0.532. The van der Waals surface area contributed by atoms with Gasteiger partial charge in [-0.2, -0.15) is 4.98 Å². The van der Waals surface area contributed by atoms with Crippen LogP contribution >= 0.6 is 0 Å². The van der Waals surface area contributed by atoms with Crippen molar-refractivity contribution >= 4 is 11.9 Å². The van der Waals surface area contributed by atoms with Gasteiger partial charge in [-0.25, -0.2) is 9.59 Å². The van der Waals surface area contributed by atoms with Crippen molar-refractivity contribution in [3.05, 3.63) is 46.5 Å². The van der Waals surface area contributed by atoms with Gasteiger partial charge in [-0.3, -0.25) is 9.36 Å². The molecule has 1 aromatic heterocycles. The summed E-state index contributed by atoms with van der Waals surface area (Å²) in [5, 5.41) is 2.74. The van der Waals surface area contributed by atoms with E-state index in [2.05, 4.69) is 10.3 Å². The smallest absolute Gasteiger partial charge is 0.348 e. The lowest BCUT2D eigenvalue weighted by Gasteiger charge is -2.38. The molecule has 0 saturated carbocycles. The summed E-state index contributed by atoms with van der Waals surface area (Å²) in [6.45, 7) is 0.689. The highest BCUT2D eigenvalue weighted by Gasteiger charge is 2.31. The highest BCUT2D eigenvalue weighted by atomic mass is 16.5. The molecule has 2 heterocycles. The van der Waals surface area contributed by atoms with E-state index in [1.54, 1.807) is 44.5 Å². The zero-order chi connectivity index (χ0) is 18.8. The number of nitrogens with two attached hydrogens (primary N) is 1. The molecule has 9 nitrogen and oxygen atoms in total. The lowest BCUT2D eigenvalue weighted by Crippen LogP contribution is -2.62. The first-order valence-electron chi connectivity index (χ1n) is 7.97. The normalized spacial score (nSPS) is 13.8. The number of methoxy groups -OCH3 is 1. The highest BCUT2D eigenvalue weighted by Crippen LogP contribution is 2.21. The number of hydrogen-bond donors (Lipinski definition) is 2. The summed E-state index contributed by atoms with van der Waals surface area (Å²) in [5.41, 5.74) is 5.96. The summed E-state index contributed by atoms with van der Waals surface area (Å²) >= 11 is 0. The number of carbonyl (C=O) groups is 2. The molecule has 9 heteroatoms. The Balaban J connectivity index is 1.82. The lowest BCUT2D eigenvalue weighted by molar-refractivity contribution is 0.0855. The average Bonchev–Trinajstić information content (AvgIpc) is 2.59. The maximum absolute atomic E-state index is 12.4. The molecule has 2 aromatic rings. The van der Waals surface area contributed by atoms with Gasteiger partial charge in [0.1, 0.15) is 11.4 Å². The van der Waals surface area contributed by atoms with Crippen LogP contribution in [-0.2, 0) is 7.05 Å². The fourth-order valence-corrected chi connectivity index (χ4v) is 2.70. The van der Waals surface area contributed by atoms with E-state index in [9.17, 15) is 14.4 Å². The molecule has 0 radical (unpaired) electrons. The summed E-state index contributed by atoms with van der Waals surface area (Å²) in [4.78, 5) is 40.8. The van der Waals surface area contributed by atoms with Crippen molar-refractivity contribution in [2.75, 3.05) is 20.2 Å². The number of likely N-dealkylation sites (tertiary alicyclic amines) is 1. The van der Waals surface area contributed by atoms with Crippen molar-refractivity contribution in [2.24, 2.45) is 12.8 Å². The first-order valence-corrected chi connectivity index (χ1v) is 7.97. The summed E-state index contributed by atoms with van der Waals surface area (Å²) in [7, 11) is 3.16. The van der Waals surface area contributed by atoms with E-state index in [4.69, 9.17) is 10.5 Å². The monoisotopic (exact) mass is 357 g/mol. The Morgan fingerprint density at radius 1 is 1.27 bits per heavy atom. The van der Waals surface area contributed by atoms with Crippen LogP contribution in [0.2, 0.25) is 0 Å². The van der Waals surface area contributed by atoms with Crippen LogP contribution in [0.25, 0.3) is 11.3 Å². The third kappa shape index (κ3) is 3.37. The molecular formula is C17H19N5O4. The van der Waals surface area contributed by atoms with Gasteiger partial charge in [-0.1, -0.05) is 0 Å². The molecule has 136 valence electrons. The van der Waals surface area contributed by atoms with Crippen molar-refractivity contribution in [3.8, 4) is 17.0 Å². The van der Waals surface area contributed by atoms with Crippen LogP contribution < -0.4 is 21.5 Å². The Bertz CT molecular complexity index is 900. The van der Waals surface area contributed by atoms with Gasteiger partial charge in [0.2, 0.25) is 0 Å². The summed E-state index contributed by atoms with van der Waals surface area (Å²) < 4.78 is 6.50. The van der Waals surface area contributed by atoms with Crippen LogP contribution in [0, 0.1) is 0 Å². The van der Waals surface area contributed by atoms with Crippen molar-refractivity contribution in [3.63, 3.8) is 0 Å². The third-order valence-electron chi connectivity index (χ3n) is 4.28. The minimum absolute atomic E-state index is 0.0245. The number of rotatable bonds is 4. The second-order valence-corrected chi connectivity index (χ2v) is 6.01. The molecule has 3 amide bonds. The van der Waals surface area contributed by atoms with Crippen LogP contribution in [0.15, 0.2) is 35.1 Å². The van der Waals surface area contributed by atoms with E-state index in [1.165, 1.54) is 9.47 Å². The Labute approximate surface area is 149 Å². The highest BCUT2D eigenvalue weighted by molar-refractivity contribution is 5.93. The third-order valence-corrected chi connectivity index (χ3v) is 4.28. The minimum Gasteiger partial charge on any atom is -0.497 e. The topological polar surface area (TPSA) is 120 Å². The number of benzene rings is 1. The van der Waals surface area contributed by atoms with Crippen LogP contribution in [0.3, 0.4) is 0 Å². The molecular weight excluding hydrogens is 338 g/mol. The van der Waals surface area contributed by atoms with E-state index < -0.39 is 17.6 Å². The lowest BCUT2D eigenvalue weighted by atomic mass is 10.1. The summed E-state index contributed by atoms with van der Waals surface area (Å²) in [6.07, 6.45) is 0. The van der Waals surface area contributed by atoms with E-state index in [0.29, 0.717) is 24.5 Å². The standard InChI is InChI=1S/C17H19N5O4/c1-21-14(10-3-5-12(26-2)6-4-10)7-13(20-17(21)25)15(23)19-11-8-22(9-11)16(18)24/h3-7,11H,8-9H2,1-2H3,(H2,18,24)(H,19,23). The van der Waals surface area contributed by atoms with Crippen molar-refractivity contribution in [1.82, 2.24) is 19.8 Å². The van der Waals surface area contributed by atoms with Crippen LogP contribution in [0.4, 0.5) is 4.79 Å². The van der Waals surface area contributed by atoms with Gasteiger partial charge in [0, 0.05) is 20.1 Å². The molecule has 1 aliphatic heterocycles. The van der Waals surface area contributed by atoms with Crippen molar-refractivity contribution < 1.29 is 14.3 Å². The summed E-state index contributed by atoms with van der Waals surface area (Å²) in [5.74, 6) is 0.223. The maximum Gasteiger partial charge on any atom is 0.348 e. The first-order chi connectivity index (χ1) is 12.4. The van der Waals surface area contributed by atoms with E-state index in [1.807, 2.05) is 0 Å². The number of urea groups is 1. The Morgan fingerprint density at radius 2 is 1.92 bits per heavy atom. The number of hydrogen-bond acceptors (Lipinski definition) is 5. The average molecular weight is 357 g/mol. The van der Waals surface area contributed by atoms with Crippen molar-refractivity contribution in [1.29, 1.82) is 0 Å². The molecule has 0 aliphatic carbocycles. The van der Waals surface area contributed by atoms with E-state index in [0.717, 1.165) is 5.56 Å². The Hall–Kier alpha value is -3.36. The quantitative estimate of drug-likeness (QED) is 0.795. The molecule has 3 rings (SSSR count). The summed E-state index contributed by atoms with van der Waals surface area (Å²) in [6, 6.07) is 7.97. The molecule has 0 bridgehead atoms. The molecule has 0 spiro atoms. The molecule has 26 heavy (non-hydrogen) atoms. The number of carbonyl (C=O) groups excluding carboxylic acids is 2. The van der Waals surface area contributed by atoms with Gasteiger partial charge in [0.15, 0.2) is 0 Å². The first kappa shape index (κ1) is 17.5. The number of primary amides is 1. The zero-order valence-corrected chi connectivity index (χ0v) is 14.4. The van der Waals surface area contributed by atoms with Gasteiger partial charge in [-0.05, 0) is 35.9 Å². The van der Waals surface area contributed by atoms with Gasteiger partial charge < -0.3 is 20.7 Å². The largest absolute Gasteiger partial charge is 0.497 e. The maximum atomic E-state index is 12.4. The SMILES string of the molecule is COc1ccc(-c2cc(C(=O)NC3CN(C(N)=O)C3)nc(=O)n2C)cc1. The van der Waals surface area contributed by atoms with Crippen LogP contribution in [-0.4, -0.2) is 52.6 Å². The van der Waals surface area contributed by atoms with Gasteiger partial charge >= 0.3 is 11.7 Å². The van der Waals surface area contributed by atoms with Gasteiger partial charge in [0.05, 0.1) is 18.8 Å². The number of nitrogens with one attached hydrogen (secondary N) is 1. The fraction of sp³-hybridized carbons (Fsp3) is 0.294.